The van der Waals surface area contributed by atoms with Crippen LogP contribution in [0.15, 0.2) is 36.4 Å². The Bertz CT molecular complexity index is 904. The summed E-state index contributed by atoms with van der Waals surface area (Å²) in [5, 5.41) is 7.49. The van der Waals surface area contributed by atoms with E-state index in [1.807, 2.05) is 26.0 Å². The summed E-state index contributed by atoms with van der Waals surface area (Å²) in [5.74, 6) is 1.49. The monoisotopic (exact) mass is 367 g/mol. The SMILES string of the molecule is Cc1cc(C)nc(N2CCC(c3cc(COc4ccc(F)cc4)[nH]n3)C2)n1. The van der Waals surface area contributed by atoms with Gasteiger partial charge in [-0.1, -0.05) is 0 Å². The first-order valence-corrected chi connectivity index (χ1v) is 9.06. The van der Waals surface area contributed by atoms with Crippen LogP contribution in [0.1, 0.15) is 35.1 Å². The van der Waals surface area contributed by atoms with Crippen molar-refractivity contribution in [1.29, 1.82) is 0 Å². The third-order valence-electron chi connectivity index (χ3n) is 4.72. The zero-order valence-electron chi connectivity index (χ0n) is 15.4. The largest absolute Gasteiger partial charge is 0.487 e. The van der Waals surface area contributed by atoms with Crippen LogP contribution in [0.4, 0.5) is 10.3 Å². The van der Waals surface area contributed by atoms with Crippen LogP contribution in [0, 0.1) is 19.7 Å². The van der Waals surface area contributed by atoms with Crippen LogP contribution in [0.3, 0.4) is 0 Å². The quantitative estimate of drug-likeness (QED) is 0.747. The van der Waals surface area contributed by atoms with Gasteiger partial charge in [-0.15, -0.1) is 0 Å². The minimum atomic E-state index is -0.273. The van der Waals surface area contributed by atoms with E-state index < -0.39 is 0 Å². The smallest absolute Gasteiger partial charge is 0.225 e. The summed E-state index contributed by atoms with van der Waals surface area (Å²) < 4.78 is 18.6. The second-order valence-electron chi connectivity index (χ2n) is 6.94. The number of rotatable bonds is 5. The van der Waals surface area contributed by atoms with Crippen molar-refractivity contribution in [1.82, 2.24) is 20.2 Å². The summed E-state index contributed by atoms with van der Waals surface area (Å²) in [7, 11) is 0. The van der Waals surface area contributed by atoms with E-state index in [4.69, 9.17) is 4.74 Å². The van der Waals surface area contributed by atoms with E-state index in [-0.39, 0.29) is 5.82 Å². The molecule has 1 atom stereocenters. The highest BCUT2D eigenvalue weighted by atomic mass is 19.1. The first kappa shape index (κ1) is 17.5. The Morgan fingerprint density at radius 2 is 1.89 bits per heavy atom. The average molecular weight is 367 g/mol. The molecule has 1 N–H and O–H groups in total. The number of aromatic amines is 1. The number of halogens is 1. The van der Waals surface area contributed by atoms with Gasteiger partial charge in [0.2, 0.25) is 5.95 Å². The van der Waals surface area contributed by atoms with Crippen molar-refractivity contribution in [2.24, 2.45) is 0 Å². The topological polar surface area (TPSA) is 66.9 Å². The van der Waals surface area contributed by atoms with Crippen molar-refractivity contribution >= 4 is 5.95 Å². The molecule has 3 aromatic rings. The summed E-state index contributed by atoms with van der Waals surface area (Å²) >= 11 is 0. The number of nitrogens with one attached hydrogen (secondary N) is 1. The molecule has 0 saturated carbocycles. The van der Waals surface area contributed by atoms with E-state index in [0.717, 1.165) is 48.2 Å². The highest BCUT2D eigenvalue weighted by molar-refractivity contribution is 5.36. The van der Waals surface area contributed by atoms with E-state index in [9.17, 15) is 4.39 Å². The molecule has 1 aromatic carbocycles. The van der Waals surface area contributed by atoms with Crippen LogP contribution in [-0.2, 0) is 6.61 Å². The maximum atomic E-state index is 12.9. The number of hydrogen-bond donors (Lipinski definition) is 1. The Balaban J connectivity index is 1.38. The van der Waals surface area contributed by atoms with Gasteiger partial charge in [-0.3, -0.25) is 5.10 Å². The number of hydrogen-bond acceptors (Lipinski definition) is 5. The van der Waals surface area contributed by atoms with Gasteiger partial charge in [0, 0.05) is 30.4 Å². The average Bonchev–Trinajstić information content (AvgIpc) is 3.30. The lowest BCUT2D eigenvalue weighted by atomic mass is 10.1. The lowest BCUT2D eigenvalue weighted by Gasteiger charge is -2.16. The Morgan fingerprint density at radius 1 is 1.15 bits per heavy atom. The zero-order valence-corrected chi connectivity index (χ0v) is 15.4. The lowest BCUT2D eigenvalue weighted by molar-refractivity contribution is 0.300. The van der Waals surface area contributed by atoms with Crippen molar-refractivity contribution in [3.05, 3.63) is 65.0 Å². The second-order valence-corrected chi connectivity index (χ2v) is 6.94. The molecular weight excluding hydrogens is 345 g/mol. The molecule has 0 bridgehead atoms. The minimum absolute atomic E-state index is 0.273. The van der Waals surface area contributed by atoms with Gasteiger partial charge in [0.15, 0.2) is 0 Å². The molecule has 27 heavy (non-hydrogen) atoms. The molecule has 1 aliphatic rings. The van der Waals surface area contributed by atoms with E-state index >= 15 is 0 Å². The molecule has 1 aliphatic heterocycles. The Morgan fingerprint density at radius 3 is 2.63 bits per heavy atom. The van der Waals surface area contributed by atoms with Gasteiger partial charge in [-0.05, 0) is 56.7 Å². The van der Waals surface area contributed by atoms with E-state index in [1.165, 1.54) is 12.1 Å². The fourth-order valence-corrected chi connectivity index (χ4v) is 3.39. The minimum Gasteiger partial charge on any atom is -0.487 e. The van der Waals surface area contributed by atoms with E-state index in [1.54, 1.807) is 12.1 Å². The molecule has 0 radical (unpaired) electrons. The lowest BCUT2D eigenvalue weighted by Crippen LogP contribution is -2.22. The fraction of sp³-hybridized carbons (Fsp3) is 0.350. The summed E-state index contributed by atoms with van der Waals surface area (Å²) in [6.07, 6.45) is 1.01. The van der Waals surface area contributed by atoms with Crippen molar-refractivity contribution in [2.75, 3.05) is 18.0 Å². The molecule has 140 valence electrons. The molecule has 0 aliphatic carbocycles. The van der Waals surface area contributed by atoms with Crippen molar-refractivity contribution < 1.29 is 9.13 Å². The standard InChI is InChI=1S/C20H22FN5O/c1-13-9-14(2)23-20(22-13)26-8-7-15(11-26)19-10-17(24-25-19)12-27-18-5-3-16(21)4-6-18/h3-6,9-10,15H,7-8,11-12H2,1-2H3,(H,24,25). The summed E-state index contributed by atoms with van der Waals surface area (Å²) in [4.78, 5) is 11.3. The fourth-order valence-electron chi connectivity index (χ4n) is 3.39. The summed E-state index contributed by atoms with van der Waals surface area (Å²) in [5.41, 5.74) is 3.90. The van der Waals surface area contributed by atoms with Crippen LogP contribution in [0.5, 0.6) is 5.75 Å². The maximum Gasteiger partial charge on any atom is 0.225 e. The summed E-state index contributed by atoms with van der Waals surface area (Å²) in [6.45, 7) is 6.13. The number of aryl methyl sites for hydroxylation is 2. The Kier molecular flexibility index (Phi) is 4.75. The Hall–Kier alpha value is -2.96. The van der Waals surface area contributed by atoms with E-state index in [2.05, 4.69) is 25.1 Å². The molecule has 1 saturated heterocycles. The predicted molar refractivity (Wildman–Crippen MR) is 100 cm³/mol. The van der Waals surface area contributed by atoms with Gasteiger partial charge in [0.1, 0.15) is 18.2 Å². The predicted octanol–water partition coefficient (Wildman–Crippen LogP) is 3.53. The molecule has 1 fully saturated rings. The molecule has 0 spiro atoms. The highest BCUT2D eigenvalue weighted by Crippen LogP contribution is 2.29. The number of anilines is 1. The van der Waals surface area contributed by atoms with Gasteiger partial charge in [0.25, 0.3) is 0 Å². The number of H-pyrrole nitrogens is 1. The maximum absolute atomic E-state index is 12.9. The van der Waals surface area contributed by atoms with Crippen LogP contribution < -0.4 is 9.64 Å². The summed E-state index contributed by atoms with van der Waals surface area (Å²) in [6, 6.07) is 10.0. The van der Waals surface area contributed by atoms with E-state index in [0.29, 0.717) is 18.3 Å². The number of nitrogens with zero attached hydrogens (tertiary/aromatic N) is 4. The Labute approximate surface area is 157 Å². The first-order chi connectivity index (χ1) is 13.1. The van der Waals surface area contributed by atoms with Gasteiger partial charge in [-0.2, -0.15) is 5.10 Å². The number of ether oxygens (including phenoxy) is 1. The molecule has 3 heterocycles. The van der Waals surface area contributed by atoms with Gasteiger partial charge < -0.3 is 9.64 Å². The van der Waals surface area contributed by atoms with Gasteiger partial charge in [0.05, 0.1) is 11.4 Å². The van der Waals surface area contributed by atoms with Gasteiger partial charge in [-0.25, -0.2) is 14.4 Å². The molecule has 0 amide bonds. The highest BCUT2D eigenvalue weighted by Gasteiger charge is 2.27. The van der Waals surface area contributed by atoms with Crippen LogP contribution in [-0.4, -0.2) is 33.3 Å². The molecule has 1 unspecified atom stereocenters. The molecule has 2 aromatic heterocycles. The third kappa shape index (κ3) is 4.07. The zero-order chi connectivity index (χ0) is 18.8. The molecule has 7 heteroatoms. The molecular formula is C20H22FN5O. The van der Waals surface area contributed by atoms with Crippen LogP contribution in [0.25, 0.3) is 0 Å². The normalized spacial score (nSPS) is 16.7. The van der Waals surface area contributed by atoms with Crippen molar-refractivity contribution in [2.45, 2.75) is 32.8 Å². The third-order valence-corrected chi connectivity index (χ3v) is 4.72. The van der Waals surface area contributed by atoms with Crippen LogP contribution in [0.2, 0.25) is 0 Å². The van der Waals surface area contributed by atoms with Crippen molar-refractivity contribution in [3.8, 4) is 5.75 Å². The number of aromatic nitrogens is 4. The first-order valence-electron chi connectivity index (χ1n) is 9.06. The van der Waals surface area contributed by atoms with Gasteiger partial charge >= 0.3 is 0 Å². The molecule has 4 rings (SSSR count). The van der Waals surface area contributed by atoms with Crippen molar-refractivity contribution in [3.63, 3.8) is 0 Å². The number of benzene rings is 1. The molecule has 6 nitrogen and oxygen atoms in total. The second kappa shape index (κ2) is 7.34. The van der Waals surface area contributed by atoms with Crippen LogP contribution >= 0.6 is 0 Å².